The van der Waals surface area contributed by atoms with Gasteiger partial charge in [-0.3, -0.25) is 13.9 Å². The minimum Gasteiger partial charge on any atom is -0.354 e. The Balaban J connectivity index is 2.38. The van der Waals surface area contributed by atoms with Gasteiger partial charge in [-0.05, 0) is 55.7 Å². The van der Waals surface area contributed by atoms with Crippen molar-refractivity contribution >= 4 is 39.1 Å². The largest absolute Gasteiger partial charge is 0.354 e. The number of unbranched alkanes of at least 4 members (excludes halogenated alkanes) is 1. The summed E-state index contributed by atoms with van der Waals surface area (Å²) in [5.41, 5.74) is 1.51. The fourth-order valence-corrected chi connectivity index (χ4v) is 4.42. The molecular weight excluding hydrogens is 481 g/mol. The number of sulfonamides is 1. The molecule has 0 fully saturated rings. The summed E-state index contributed by atoms with van der Waals surface area (Å²) < 4.78 is 39.6. The predicted octanol–water partition coefficient (Wildman–Crippen LogP) is 3.89. The van der Waals surface area contributed by atoms with E-state index in [-0.39, 0.29) is 18.1 Å². The second kappa shape index (κ2) is 12.2. The van der Waals surface area contributed by atoms with Crippen molar-refractivity contribution in [2.75, 3.05) is 23.7 Å². The number of anilines is 1. The fraction of sp³-hybridized carbons (Fsp3) is 0.417. The molecule has 0 heterocycles. The van der Waals surface area contributed by atoms with Gasteiger partial charge in [0.05, 0.1) is 11.9 Å². The number of nitrogens with zero attached hydrogens (tertiary/aromatic N) is 2. The van der Waals surface area contributed by atoms with Gasteiger partial charge in [0, 0.05) is 18.1 Å². The van der Waals surface area contributed by atoms with Crippen molar-refractivity contribution in [3.05, 3.63) is 64.4 Å². The molecule has 0 unspecified atom stereocenters. The molecule has 0 bridgehead atoms. The molecule has 0 spiro atoms. The SMILES string of the molecule is CCCCNC(=O)[C@H](C)N(Cc1ccc(F)cc1)C(=O)CN(c1cc(Cl)ccc1C)S(C)(=O)=O. The third kappa shape index (κ3) is 7.70. The van der Waals surface area contributed by atoms with Crippen molar-refractivity contribution in [1.82, 2.24) is 10.2 Å². The van der Waals surface area contributed by atoms with E-state index in [1.165, 1.54) is 35.2 Å². The van der Waals surface area contributed by atoms with Gasteiger partial charge in [0.25, 0.3) is 0 Å². The van der Waals surface area contributed by atoms with Crippen LogP contribution >= 0.6 is 11.6 Å². The van der Waals surface area contributed by atoms with Crippen molar-refractivity contribution in [3.63, 3.8) is 0 Å². The summed E-state index contributed by atoms with van der Waals surface area (Å²) in [7, 11) is -3.85. The number of carbonyl (C=O) groups excluding carboxylic acids is 2. The summed E-state index contributed by atoms with van der Waals surface area (Å²) in [5, 5.41) is 3.13. The van der Waals surface area contributed by atoms with Crippen molar-refractivity contribution in [1.29, 1.82) is 0 Å². The van der Waals surface area contributed by atoms with Crippen LogP contribution in [0.4, 0.5) is 10.1 Å². The number of rotatable bonds is 11. The molecule has 186 valence electrons. The third-order valence-electron chi connectivity index (χ3n) is 5.38. The maximum absolute atomic E-state index is 13.4. The minimum atomic E-state index is -3.85. The lowest BCUT2D eigenvalue weighted by molar-refractivity contribution is -0.139. The Labute approximate surface area is 205 Å². The van der Waals surface area contributed by atoms with E-state index in [4.69, 9.17) is 11.6 Å². The van der Waals surface area contributed by atoms with Gasteiger partial charge in [-0.25, -0.2) is 12.8 Å². The van der Waals surface area contributed by atoms with E-state index in [0.29, 0.717) is 22.7 Å². The first-order valence-electron chi connectivity index (χ1n) is 11.0. The topological polar surface area (TPSA) is 86.8 Å². The molecular formula is C24H31ClFN3O4S. The first kappa shape index (κ1) is 27.6. The van der Waals surface area contributed by atoms with Crippen LogP contribution in [0, 0.1) is 12.7 Å². The number of amides is 2. The van der Waals surface area contributed by atoms with Crippen LogP contribution in [-0.4, -0.2) is 50.5 Å². The zero-order valence-electron chi connectivity index (χ0n) is 19.8. The molecule has 0 radical (unpaired) electrons. The zero-order valence-corrected chi connectivity index (χ0v) is 21.4. The maximum Gasteiger partial charge on any atom is 0.244 e. The molecule has 1 N–H and O–H groups in total. The highest BCUT2D eigenvalue weighted by Gasteiger charge is 2.30. The number of hydrogen-bond acceptors (Lipinski definition) is 4. The molecule has 0 saturated heterocycles. The Kier molecular flexibility index (Phi) is 9.88. The Morgan fingerprint density at radius 2 is 1.79 bits per heavy atom. The van der Waals surface area contributed by atoms with Gasteiger partial charge in [0.2, 0.25) is 21.8 Å². The number of halogens is 2. The minimum absolute atomic E-state index is 0.00755. The lowest BCUT2D eigenvalue weighted by atomic mass is 10.1. The molecule has 0 aromatic heterocycles. The van der Waals surface area contributed by atoms with E-state index in [2.05, 4.69) is 5.32 Å². The van der Waals surface area contributed by atoms with E-state index < -0.39 is 34.3 Å². The Hall–Kier alpha value is -2.65. The van der Waals surface area contributed by atoms with Crippen LogP contribution in [0.15, 0.2) is 42.5 Å². The van der Waals surface area contributed by atoms with Gasteiger partial charge in [0.1, 0.15) is 18.4 Å². The van der Waals surface area contributed by atoms with Crippen LogP contribution in [0.1, 0.15) is 37.8 Å². The standard InChI is InChI=1S/C24H31ClFN3O4S/c1-5-6-13-27-24(31)18(3)28(15-19-8-11-21(26)12-9-19)23(30)16-29(34(4,32)33)22-14-20(25)10-7-17(22)2/h7-12,14,18H,5-6,13,15-16H2,1-4H3,(H,27,31)/t18-/m0/s1. The quantitative estimate of drug-likeness (QED) is 0.464. The van der Waals surface area contributed by atoms with Gasteiger partial charge in [-0.15, -0.1) is 0 Å². The van der Waals surface area contributed by atoms with E-state index in [9.17, 15) is 22.4 Å². The summed E-state index contributed by atoms with van der Waals surface area (Å²) in [6.45, 7) is 5.25. The Bertz CT molecular complexity index is 1110. The van der Waals surface area contributed by atoms with Crippen molar-refractivity contribution in [2.45, 2.75) is 46.2 Å². The zero-order chi connectivity index (χ0) is 25.5. The lowest BCUT2D eigenvalue weighted by Gasteiger charge is -2.32. The molecule has 0 aliphatic carbocycles. The first-order chi connectivity index (χ1) is 15.9. The summed E-state index contributed by atoms with van der Waals surface area (Å²) in [4.78, 5) is 27.5. The molecule has 2 aromatic rings. The molecule has 0 aliphatic heterocycles. The highest BCUT2D eigenvalue weighted by Crippen LogP contribution is 2.26. The molecule has 0 saturated carbocycles. The van der Waals surface area contributed by atoms with Crippen LogP contribution in [0.3, 0.4) is 0 Å². The molecule has 7 nitrogen and oxygen atoms in total. The van der Waals surface area contributed by atoms with Gasteiger partial charge >= 0.3 is 0 Å². The molecule has 34 heavy (non-hydrogen) atoms. The van der Waals surface area contributed by atoms with Gasteiger partial charge in [0.15, 0.2) is 0 Å². The fourth-order valence-electron chi connectivity index (χ4n) is 3.35. The molecule has 2 rings (SSSR count). The number of nitrogens with one attached hydrogen (secondary N) is 1. The Morgan fingerprint density at radius 1 is 1.15 bits per heavy atom. The molecule has 2 amide bonds. The van der Waals surface area contributed by atoms with Crippen molar-refractivity contribution in [2.24, 2.45) is 0 Å². The van der Waals surface area contributed by atoms with Crippen LogP contribution in [0.5, 0.6) is 0 Å². The van der Waals surface area contributed by atoms with Gasteiger partial charge in [-0.2, -0.15) is 0 Å². The average molecular weight is 512 g/mol. The first-order valence-corrected chi connectivity index (χ1v) is 13.2. The molecule has 0 aliphatic rings. The molecule has 2 aromatic carbocycles. The van der Waals surface area contributed by atoms with E-state index >= 15 is 0 Å². The summed E-state index contributed by atoms with van der Waals surface area (Å²) in [6.07, 6.45) is 2.70. The number of hydrogen-bond donors (Lipinski definition) is 1. The summed E-state index contributed by atoms with van der Waals surface area (Å²) in [6, 6.07) is 9.48. The van der Waals surface area contributed by atoms with E-state index in [0.717, 1.165) is 23.4 Å². The predicted molar refractivity (Wildman–Crippen MR) is 133 cm³/mol. The second-order valence-corrected chi connectivity index (χ2v) is 10.5. The lowest BCUT2D eigenvalue weighted by Crippen LogP contribution is -2.51. The Morgan fingerprint density at radius 3 is 2.38 bits per heavy atom. The average Bonchev–Trinajstić information content (AvgIpc) is 2.77. The number of benzene rings is 2. The highest BCUT2D eigenvalue weighted by atomic mass is 35.5. The van der Waals surface area contributed by atoms with E-state index in [1.807, 2.05) is 6.92 Å². The molecule has 10 heteroatoms. The third-order valence-corrected chi connectivity index (χ3v) is 6.74. The summed E-state index contributed by atoms with van der Waals surface area (Å²) in [5.74, 6) is -1.35. The van der Waals surface area contributed by atoms with Crippen LogP contribution in [0.25, 0.3) is 0 Å². The molecule has 1 atom stereocenters. The smallest absolute Gasteiger partial charge is 0.244 e. The summed E-state index contributed by atoms with van der Waals surface area (Å²) >= 11 is 6.08. The maximum atomic E-state index is 13.4. The van der Waals surface area contributed by atoms with E-state index in [1.54, 1.807) is 26.0 Å². The number of carbonyl (C=O) groups is 2. The van der Waals surface area contributed by atoms with Crippen molar-refractivity contribution in [3.8, 4) is 0 Å². The number of aryl methyl sites for hydroxylation is 1. The highest BCUT2D eigenvalue weighted by molar-refractivity contribution is 7.92. The van der Waals surface area contributed by atoms with Gasteiger partial charge in [-0.1, -0.05) is 43.1 Å². The van der Waals surface area contributed by atoms with Crippen LogP contribution in [-0.2, 0) is 26.2 Å². The second-order valence-electron chi connectivity index (χ2n) is 8.17. The van der Waals surface area contributed by atoms with Crippen LogP contribution < -0.4 is 9.62 Å². The van der Waals surface area contributed by atoms with Crippen molar-refractivity contribution < 1.29 is 22.4 Å². The monoisotopic (exact) mass is 511 g/mol. The van der Waals surface area contributed by atoms with Gasteiger partial charge < -0.3 is 10.2 Å². The van der Waals surface area contributed by atoms with Crippen LogP contribution in [0.2, 0.25) is 5.02 Å². The normalized spacial score (nSPS) is 12.2.